The minimum Gasteiger partial charge on any atom is -0.353 e. The second-order valence-electron chi connectivity index (χ2n) is 8.07. The third kappa shape index (κ3) is 5.85. The molecule has 1 aliphatic heterocycles. The molecule has 4 rings (SSSR count). The molecule has 0 atom stereocenters. The fraction of sp³-hybridized carbons (Fsp3) is 0.280. The van der Waals surface area contributed by atoms with Gasteiger partial charge in [-0.05, 0) is 38.1 Å². The van der Waals surface area contributed by atoms with Gasteiger partial charge in [-0.1, -0.05) is 35.9 Å². The van der Waals surface area contributed by atoms with E-state index in [1.807, 2.05) is 31.2 Å². The Morgan fingerprint density at radius 3 is 2.30 bits per heavy atom. The van der Waals surface area contributed by atoms with Crippen LogP contribution in [0.1, 0.15) is 21.7 Å². The maximum atomic E-state index is 12.6. The number of nitrogens with zero attached hydrogens (tertiary/aromatic N) is 4. The Balaban J connectivity index is 1.31. The van der Waals surface area contributed by atoms with Gasteiger partial charge in [-0.2, -0.15) is 0 Å². The first-order valence-electron chi connectivity index (χ1n) is 11.0. The molecule has 0 spiro atoms. The van der Waals surface area contributed by atoms with Gasteiger partial charge in [0.1, 0.15) is 17.5 Å². The molecular formula is C25H28N6O2. The lowest BCUT2D eigenvalue weighted by atomic mass is 10.2. The van der Waals surface area contributed by atoms with Crippen molar-refractivity contribution in [2.24, 2.45) is 0 Å². The van der Waals surface area contributed by atoms with E-state index in [0.717, 1.165) is 17.3 Å². The molecule has 2 N–H and O–H groups in total. The number of amides is 2. The van der Waals surface area contributed by atoms with Crippen LogP contribution in [0.2, 0.25) is 0 Å². The molecule has 1 fully saturated rings. The first kappa shape index (κ1) is 22.3. The van der Waals surface area contributed by atoms with Gasteiger partial charge in [0, 0.05) is 43.5 Å². The summed E-state index contributed by atoms with van der Waals surface area (Å²) in [5, 5.41) is 6.04. The number of benzene rings is 2. The van der Waals surface area contributed by atoms with E-state index in [-0.39, 0.29) is 18.4 Å². The molecule has 0 radical (unpaired) electrons. The molecule has 1 aromatic heterocycles. The van der Waals surface area contributed by atoms with Crippen LogP contribution in [0.3, 0.4) is 0 Å². The molecule has 0 aliphatic carbocycles. The molecule has 0 unspecified atom stereocenters. The molecule has 2 amide bonds. The van der Waals surface area contributed by atoms with Crippen molar-refractivity contribution in [3.63, 3.8) is 0 Å². The van der Waals surface area contributed by atoms with Gasteiger partial charge in [0.15, 0.2) is 0 Å². The van der Waals surface area contributed by atoms with E-state index in [1.165, 1.54) is 5.56 Å². The molecule has 1 aliphatic rings. The molecule has 33 heavy (non-hydrogen) atoms. The van der Waals surface area contributed by atoms with Gasteiger partial charge in [-0.3, -0.25) is 9.59 Å². The quantitative estimate of drug-likeness (QED) is 0.608. The zero-order valence-electron chi connectivity index (χ0n) is 18.9. The van der Waals surface area contributed by atoms with E-state index in [1.54, 1.807) is 29.2 Å². The zero-order valence-corrected chi connectivity index (χ0v) is 18.9. The van der Waals surface area contributed by atoms with E-state index in [4.69, 9.17) is 0 Å². The van der Waals surface area contributed by atoms with E-state index >= 15 is 0 Å². The van der Waals surface area contributed by atoms with Crippen molar-refractivity contribution in [1.29, 1.82) is 0 Å². The SMILES string of the molecule is Cc1ccc(Nc2cc(N3CCN(C(=O)CNC(=O)c4ccccc4)CC3)nc(C)n2)cc1. The predicted molar refractivity (Wildman–Crippen MR) is 129 cm³/mol. The van der Waals surface area contributed by atoms with E-state index in [0.29, 0.717) is 37.6 Å². The topological polar surface area (TPSA) is 90.5 Å². The molecule has 8 nitrogen and oxygen atoms in total. The summed E-state index contributed by atoms with van der Waals surface area (Å²) < 4.78 is 0. The number of piperazine rings is 1. The van der Waals surface area contributed by atoms with Crippen LogP contribution in [0, 0.1) is 13.8 Å². The third-order valence-corrected chi connectivity index (χ3v) is 5.54. The van der Waals surface area contributed by atoms with Crippen LogP contribution in [0.25, 0.3) is 0 Å². The highest BCUT2D eigenvalue weighted by molar-refractivity contribution is 5.96. The van der Waals surface area contributed by atoms with Crippen LogP contribution >= 0.6 is 0 Å². The van der Waals surface area contributed by atoms with Crippen molar-refractivity contribution in [1.82, 2.24) is 20.2 Å². The summed E-state index contributed by atoms with van der Waals surface area (Å²) in [5.41, 5.74) is 2.72. The Kier molecular flexibility index (Phi) is 6.83. The number of hydrogen-bond acceptors (Lipinski definition) is 6. The van der Waals surface area contributed by atoms with Crippen LogP contribution < -0.4 is 15.5 Å². The number of aromatic nitrogens is 2. The molecule has 3 aromatic rings. The lowest BCUT2D eigenvalue weighted by molar-refractivity contribution is -0.130. The summed E-state index contributed by atoms with van der Waals surface area (Å²) in [6.07, 6.45) is 0. The van der Waals surface area contributed by atoms with Gasteiger partial charge in [-0.15, -0.1) is 0 Å². The lowest BCUT2D eigenvalue weighted by Crippen LogP contribution is -2.51. The molecule has 1 saturated heterocycles. The van der Waals surface area contributed by atoms with Crippen molar-refractivity contribution < 1.29 is 9.59 Å². The normalized spacial score (nSPS) is 13.5. The first-order valence-corrected chi connectivity index (χ1v) is 11.0. The summed E-state index contributed by atoms with van der Waals surface area (Å²) in [6, 6.07) is 19.0. The Morgan fingerprint density at radius 1 is 0.909 bits per heavy atom. The number of anilines is 3. The van der Waals surface area contributed by atoms with Crippen LogP contribution in [0.15, 0.2) is 60.7 Å². The number of aryl methyl sites for hydroxylation is 2. The maximum absolute atomic E-state index is 12.6. The standard InChI is InChI=1S/C25H28N6O2/c1-18-8-10-21(11-9-18)29-22-16-23(28-19(2)27-22)30-12-14-31(15-13-30)24(32)17-26-25(33)20-6-4-3-5-7-20/h3-11,16H,12-15,17H2,1-2H3,(H,26,33)(H,27,28,29). The number of carbonyl (C=O) groups excluding carboxylic acids is 2. The number of carbonyl (C=O) groups is 2. The van der Waals surface area contributed by atoms with Crippen molar-refractivity contribution in [3.8, 4) is 0 Å². The van der Waals surface area contributed by atoms with Crippen molar-refractivity contribution in [2.75, 3.05) is 42.9 Å². The van der Waals surface area contributed by atoms with Gasteiger partial charge in [0.25, 0.3) is 5.91 Å². The van der Waals surface area contributed by atoms with Crippen LogP contribution in [0.4, 0.5) is 17.3 Å². The summed E-state index contributed by atoms with van der Waals surface area (Å²) in [4.78, 5) is 37.8. The van der Waals surface area contributed by atoms with Gasteiger partial charge >= 0.3 is 0 Å². The van der Waals surface area contributed by atoms with E-state index in [2.05, 4.69) is 44.6 Å². The maximum Gasteiger partial charge on any atom is 0.251 e. The van der Waals surface area contributed by atoms with E-state index < -0.39 is 0 Å². The number of nitrogens with one attached hydrogen (secondary N) is 2. The first-order chi connectivity index (χ1) is 16.0. The minimum absolute atomic E-state index is 0.00897. The molecule has 170 valence electrons. The molecule has 8 heteroatoms. The number of hydrogen-bond donors (Lipinski definition) is 2. The van der Waals surface area contributed by atoms with Crippen molar-refractivity contribution in [3.05, 3.63) is 77.6 Å². The van der Waals surface area contributed by atoms with Crippen LogP contribution in [-0.4, -0.2) is 59.4 Å². The largest absolute Gasteiger partial charge is 0.353 e. The Morgan fingerprint density at radius 2 is 1.61 bits per heavy atom. The smallest absolute Gasteiger partial charge is 0.251 e. The zero-order chi connectivity index (χ0) is 23.2. The summed E-state index contributed by atoms with van der Waals surface area (Å²) in [7, 11) is 0. The highest BCUT2D eigenvalue weighted by Gasteiger charge is 2.23. The lowest BCUT2D eigenvalue weighted by Gasteiger charge is -2.35. The van der Waals surface area contributed by atoms with Crippen LogP contribution in [-0.2, 0) is 4.79 Å². The third-order valence-electron chi connectivity index (χ3n) is 5.54. The van der Waals surface area contributed by atoms with Crippen LogP contribution in [0.5, 0.6) is 0 Å². The molecular weight excluding hydrogens is 416 g/mol. The predicted octanol–water partition coefficient (Wildman–Crippen LogP) is 2.92. The van der Waals surface area contributed by atoms with Gasteiger partial charge < -0.3 is 20.4 Å². The van der Waals surface area contributed by atoms with Gasteiger partial charge in [0.05, 0.1) is 6.54 Å². The van der Waals surface area contributed by atoms with Gasteiger partial charge in [-0.25, -0.2) is 9.97 Å². The van der Waals surface area contributed by atoms with Gasteiger partial charge in [0.2, 0.25) is 5.91 Å². The fourth-order valence-electron chi connectivity index (χ4n) is 3.71. The average molecular weight is 445 g/mol. The minimum atomic E-state index is -0.243. The Bertz CT molecular complexity index is 1110. The molecule has 2 aromatic carbocycles. The average Bonchev–Trinajstić information content (AvgIpc) is 2.84. The summed E-state index contributed by atoms with van der Waals surface area (Å²) in [6.45, 7) is 6.40. The molecule has 2 heterocycles. The second kappa shape index (κ2) is 10.1. The van der Waals surface area contributed by atoms with Crippen molar-refractivity contribution in [2.45, 2.75) is 13.8 Å². The number of rotatable bonds is 6. The summed E-state index contributed by atoms with van der Waals surface area (Å²) >= 11 is 0. The Hall–Kier alpha value is -3.94. The second-order valence-corrected chi connectivity index (χ2v) is 8.07. The fourth-order valence-corrected chi connectivity index (χ4v) is 3.71. The molecule has 0 saturated carbocycles. The van der Waals surface area contributed by atoms with Crippen molar-refractivity contribution >= 4 is 29.1 Å². The summed E-state index contributed by atoms with van der Waals surface area (Å²) in [5.74, 6) is 1.93. The van der Waals surface area contributed by atoms with E-state index in [9.17, 15) is 9.59 Å². The molecule has 0 bridgehead atoms. The Labute approximate surface area is 193 Å². The highest BCUT2D eigenvalue weighted by atomic mass is 16.2. The monoisotopic (exact) mass is 444 g/mol. The highest BCUT2D eigenvalue weighted by Crippen LogP contribution is 2.21.